The van der Waals surface area contributed by atoms with E-state index in [2.05, 4.69) is 31.0 Å². The number of carbonyl (C=O) groups excluding carboxylic acids is 1. The molecule has 0 aliphatic carbocycles. The van der Waals surface area contributed by atoms with Crippen LogP contribution < -0.4 is 5.32 Å². The smallest absolute Gasteiger partial charge is 0.322 e. The van der Waals surface area contributed by atoms with Gasteiger partial charge < -0.3 is 4.42 Å². The van der Waals surface area contributed by atoms with Crippen LogP contribution in [0, 0.1) is 6.92 Å². The second kappa shape index (κ2) is 8.01. The molecule has 9 nitrogen and oxygen atoms in total. The van der Waals surface area contributed by atoms with Crippen LogP contribution in [0.2, 0.25) is 0 Å². The average Bonchev–Trinajstić information content (AvgIpc) is 3.37. The molecule has 2 aromatic heterocycles. The van der Waals surface area contributed by atoms with Gasteiger partial charge in [-0.25, -0.2) is 0 Å². The molecule has 1 N–H and O–H groups in total. The SMILES string of the molecule is Cc1ccc(-n2nnnc2SCC(=O)Nc2nnc(-c3ccccc3)o2)cc1. The first-order valence-corrected chi connectivity index (χ1v) is 9.34. The van der Waals surface area contributed by atoms with Crippen LogP contribution in [0.1, 0.15) is 5.56 Å². The van der Waals surface area contributed by atoms with E-state index in [9.17, 15) is 4.79 Å². The third-order valence-corrected chi connectivity index (χ3v) is 4.66. The number of tetrazole rings is 1. The monoisotopic (exact) mass is 393 g/mol. The van der Waals surface area contributed by atoms with E-state index in [1.165, 1.54) is 11.8 Å². The molecule has 140 valence electrons. The topological polar surface area (TPSA) is 112 Å². The minimum absolute atomic E-state index is 0.0441. The maximum atomic E-state index is 12.2. The van der Waals surface area contributed by atoms with Crippen molar-refractivity contribution in [3.05, 3.63) is 60.2 Å². The zero-order valence-electron chi connectivity index (χ0n) is 14.8. The number of hydrogen-bond donors (Lipinski definition) is 1. The maximum absolute atomic E-state index is 12.2. The van der Waals surface area contributed by atoms with E-state index in [-0.39, 0.29) is 17.7 Å². The molecule has 0 fully saturated rings. The summed E-state index contributed by atoms with van der Waals surface area (Å²) in [6.45, 7) is 2.00. The zero-order valence-corrected chi connectivity index (χ0v) is 15.6. The van der Waals surface area contributed by atoms with Crippen LogP contribution in [0.3, 0.4) is 0 Å². The average molecular weight is 393 g/mol. The Bertz CT molecular complexity index is 1080. The fourth-order valence-electron chi connectivity index (χ4n) is 2.37. The summed E-state index contributed by atoms with van der Waals surface area (Å²) in [5.74, 6) is 0.133. The van der Waals surface area contributed by atoms with E-state index in [4.69, 9.17) is 4.42 Å². The van der Waals surface area contributed by atoms with Crippen LogP contribution in [-0.2, 0) is 4.79 Å². The van der Waals surface area contributed by atoms with Gasteiger partial charge in [-0.2, -0.15) is 4.68 Å². The molecule has 4 rings (SSSR count). The fourth-order valence-corrected chi connectivity index (χ4v) is 3.06. The Hall–Kier alpha value is -3.53. The number of hydrogen-bond acceptors (Lipinski definition) is 8. The van der Waals surface area contributed by atoms with E-state index in [1.807, 2.05) is 61.5 Å². The van der Waals surface area contributed by atoms with Crippen molar-refractivity contribution < 1.29 is 9.21 Å². The fraction of sp³-hybridized carbons (Fsp3) is 0.111. The number of aromatic nitrogens is 6. The molecule has 0 radical (unpaired) electrons. The Morgan fingerprint density at radius 2 is 1.86 bits per heavy atom. The molecule has 1 amide bonds. The van der Waals surface area contributed by atoms with E-state index < -0.39 is 0 Å². The lowest BCUT2D eigenvalue weighted by Crippen LogP contribution is -2.14. The first-order chi connectivity index (χ1) is 13.7. The Kier molecular flexibility index (Phi) is 5.11. The Labute approximate surface area is 164 Å². The molecule has 4 aromatic rings. The van der Waals surface area contributed by atoms with Gasteiger partial charge in [0.2, 0.25) is 17.0 Å². The largest absolute Gasteiger partial charge is 0.403 e. The highest BCUT2D eigenvalue weighted by Gasteiger charge is 2.14. The number of carbonyl (C=O) groups is 1. The van der Waals surface area contributed by atoms with Crippen molar-refractivity contribution in [2.24, 2.45) is 0 Å². The molecule has 0 aliphatic rings. The molecule has 0 saturated carbocycles. The normalized spacial score (nSPS) is 10.8. The maximum Gasteiger partial charge on any atom is 0.322 e. The van der Waals surface area contributed by atoms with Gasteiger partial charge in [0, 0.05) is 5.56 Å². The van der Waals surface area contributed by atoms with Crippen LogP contribution >= 0.6 is 11.8 Å². The van der Waals surface area contributed by atoms with Gasteiger partial charge in [-0.3, -0.25) is 10.1 Å². The molecule has 28 heavy (non-hydrogen) atoms. The quantitative estimate of drug-likeness (QED) is 0.498. The summed E-state index contributed by atoms with van der Waals surface area (Å²) in [5.41, 5.74) is 2.74. The van der Waals surface area contributed by atoms with E-state index in [1.54, 1.807) is 4.68 Å². The van der Waals surface area contributed by atoms with Crippen molar-refractivity contribution in [1.82, 2.24) is 30.4 Å². The molecule has 2 heterocycles. The number of nitrogens with one attached hydrogen (secondary N) is 1. The molecule has 0 spiro atoms. The van der Waals surface area contributed by atoms with Gasteiger partial charge in [0.25, 0.3) is 0 Å². The van der Waals surface area contributed by atoms with Crippen molar-refractivity contribution >= 4 is 23.7 Å². The minimum atomic E-state index is -0.299. The van der Waals surface area contributed by atoms with Crippen molar-refractivity contribution in [2.45, 2.75) is 12.1 Å². The lowest BCUT2D eigenvalue weighted by atomic mass is 10.2. The Balaban J connectivity index is 1.38. The lowest BCUT2D eigenvalue weighted by molar-refractivity contribution is -0.113. The van der Waals surface area contributed by atoms with Gasteiger partial charge in [-0.05, 0) is 41.6 Å². The van der Waals surface area contributed by atoms with Crippen LogP contribution in [0.5, 0.6) is 0 Å². The van der Waals surface area contributed by atoms with Crippen LogP contribution in [0.25, 0.3) is 17.1 Å². The third kappa shape index (κ3) is 4.07. The first kappa shape index (κ1) is 17.9. The number of benzene rings is 2. The van der Waals surface area contributed by atoms with Gasteiger partial charge in [-0.1, -0.05) is 52.8 Å². The molecule has 0 saturated heterocycles. The van der Waals surface area contributed by atoms with Crippen LogP contribution in [0.15, 0.2) is 64.2 Å². The van der Waals surface area contributed by atoms with Gasteiger partial charge >= 0.3 is 6.01 Å². The van der Waals surface area contributed by atoms with E-state index >= 15 is 0 Å². The third-order valence-electron chi connectivity index (χ3n) is 3.74. The molecule has 10 heteroatoms. The summed E-state index contributed by atoms with van der Waals surface area (Å²) >= 11 is 1.21. The molecule has 0 aliphatic heterocycles. The summed E-state index contributed by atoms with van der Waals surface area (Å²) in [4.78, 5) is 12.2. The summed E-state index contributed by atoms with van der Waals surface area (Å²) in [6, 6.07) is 17.1. The molecule has 2 aromatic carbocycles. The number of anilines is 1. The lowest BCUT2D eigenvalue weighted by Gasteiger charge is -2.04. The van der Waals surface area contributed by atoms with Crippen molar-refractivity contribution in [3.63, 3.8) is 0 Å². The van der Waals surface area contributed by atoms with Gasteiger partial charge in [0.1, 0.15) is 0 Å². The number of rotatable bonds is 6. The van der Waals surface area contributed by atoms with Gasteiger partial charge in [-0.15, -0.1) is 10.2 Å². The second-order valence-corrected chi connectivity index (χ2v) is 6.77. The molecule has 0 bridgehead atoms. The minimum Gasteiger partial charge on any atom is -0.403 e. The molecule has 0 unspecified atom stereocenters. The summed E-state index contributed by atoms with van der Waals surface area (Å²) in [7, 11) is 0. The summed E-state index contributed by atoms with van der Waals surface area (Å²) in [6.07, 6.45) is 0. The van der Waals surface area contributed by atoms with Gasteiger partial charge in [0.15, 0.2) is 0 Å². The Morgan fingerprint density at radius 1 is 1.07 bits per heavy atom. The van der Waals surface area contributed by atoms with Crippen molar-refractivity contribution in [2.75, 3.05) is 11.1 Å². The summed E-state index contributed by atoms with van der Waals surface area (Å²) in [5, 5.41) is 22.5. The van der Waals surface area contributed by atoms with Crippen LogP contribution in [0.4, 0.5) is 6.01 Å². The first-order valence-electron chi connectivity index (χ1n) is 8.36. The summed E-state index contributed by atoms with van der Waals surface area (Å²) < 4.78 is 7.05. The number of aryl methyl sites for hydroxylation is 1. The van der Waals surface area contributed by atoms with Gasteiger partial charge in [0.05, 0.1) is 11.4 Å². The van der Waals surface area contributed by atoms with E-state index in [0.717, 1.165) is 16.8 Å². The number of nitrogens with zero attached hydrogens (tertiary/aromatic N) is 6. The number of amides is 1. The predicted molar refractivity (Wildman–Crippen MR) is 103 cm³/mol. The van der Waals surface area contributed by atoms with Crippen molar-refractivity contribution in [3.8, 4) is 17.1 Å². The second-order valence-electron chi connectivity index (χ2n) is 5.82. The molecule has 0 atom stereocenters. The predicted octanol–water partition coefficient (Wildman–Crippen LogP) is 2.75. The standard InChI is InChI=1S/C18H15N7O2S/c1-12-7-9-14(10-8-12)25-18(22-23-24-25)28-11-15(26)19-17-21-20-16(27-17)13-5-3-2-4-6-13/h2-10H,11H2,1H3,(H,19,21,26). The van der Waals surface area contributed by atoms with Crippen LogP contribution in [-0.4, -0.2) is 42.1 Å². The highest BCUT2D eigenvalue weighted by Crippen LogP contribution is 2.21. The number of thioether (sulfide) groups is 1. The van der Waals surface area contributed by atoms with Crippen molar-refractivity contribution in [1.29, 1.82) is 0 Å². The highest BCUT2D eigenvalue weighted by atomic mass is 32.2. The highest BCUT2D eigenvalue weighted by molar-refractivity contribution is 7.99. The zero-order chi connectivity index (χ0) is 19.3. The molecular formula is C18H15N7O2S. The van der Waals surface area contributed by atoms with E-state index in [0.29, 0.717) is 11.0 Å². The molecular weight excluding hydrogens is 378 g/mol. The Morgan fingerprint density at radius 3 is 2.64 bits per heavy atom.